The second-order valence-electron chi connectivity index (χ2n) is 4.83. The molecule has 0 aromatic heterocycles. The summed E-state index contributed by atoms with van der Waals surface area (Å²) in [4.78, 5) is -0.588. The zero-order chi connectivity index (χ0) is 17.4. The van der Waals surface area contributed by atoms with Crippen molar-refractivity contribution in [2.45, 2.75) is 16.0 Å². The number of nitrogens with two attached hydrogens (primary N) is 1. The Balaban J connectivity index is 2.51. The molecule has 1 aromatic rings. The van der Waals surface area contributed by atoms with Crippen LogP contribution in [0.4, 0.5) is 5.69 Å². The van der Waals surface area contributed by atoms with Crippen LogP contribution in [0.3, 0.4) is 0 Å². The predicted octanol–water partition coefficient (Wildman–Crippen LogP) is 1.28. The molecular formula is C12H16ClN3O4S3. The maximum atomic E-state index is 12.6. The van der Waals surface area contributed by atoms with Crippen LogP contribution in [0.5, 0.6) is 0 Å². The quantitative estimate of drug-likeness (QED) is 0.572. The second kappa shape index (κ2) is 6.61. The minimum Gasteiger partial charge on any atom is -0.367 e. The van der Waals surface area contributed by atoms with Crippen molar-refractivity contribution < 1.29 is 16.8 Å². The maximum Gasteiger partial charge on any atom is 0.246 e. The molecule has 0 unspecified atom stereocenters. The first kappa shape index (κ1) is 18.6. The van der Waals surface area contributed by atoms with Crippen LogP contribution >= 0.6 is 23.4 Å². The van der Waals surface area contributed by atoms with E-state index in [2.05, 4.69) is 11.9 Å². The molecule has 1 aliphatic rings. The van der Waals surface area contributed by atoms with Gasteiger partial charge in [0.2, 0.25) is 20.0 Å². The summed E-state index contributed by atoms with van der Waals surface area (Å²) in [5.74, 6) is 1.18. The smallest absolute Gasteiger partial charge is 0.246 e. The highest BCUT2D eigenvalue weighted by Gasteiger charge is 2.36. The van der Waals surface area contributed by atoms with E-state index in [-0.39, 0.29) is 15.6 Å². The zero-order valence-corrected chi connectivity index (χ0v) is 15.4. The molecule has 23 heavy (non-hydrogen) atoms. The third-order valence-electron chi connectivity index (χ3n) is 3.27. The number of thioether (sulfide) groups is 1. The summed E-state index contributed by atoms with van der Waals surface area (Å²) in [5, 5.41) is 7.99. The number of nitrogens with one attached hydrogen (secondary N) is 1. The average molecular weight is 398 g/mol. The highest BCUT2D eigenvalue weighted by molar-refractivity contribution is 7.99. The molecule has 0 radical (unpaired) electrons. The van der Waals surface area contributed by atoms with Crippen molar-refractivity contribution >= 4 is 49.1 Å². The monoisotopic (exact) mass is 397 g/mol. The first-order valence-corrected chi connectivity index (χ1v) is 10.9. The van der Waals surface area contributed by atoms with Crippen LogP contribution in [0.25, 0.3) is 0 Å². The van der Waals surface area contributed by atoms with Gasteiger partial charge < -0.3 is 5.32 Å². The van der Waals surface area contributed by atoms with E-state index in [9.17, 15) is 16.8 Å². The number of nitrogens with zero attached hydrogens (tertiary/aromatic N) is 1. The normalized spacial score (nSPS) is 20.6. The van der Waals surface area contributed by atoms with E-state index < -0.39 is 31.1 Å². The van der Waals surface area contributed by atoms with Gasteiger partial charge in [0.15, 0.2) is 0 Å². The third kappa shape index (κ3) is 3.67. The number of hydrogen-bond acceptors (Lipinski definition) is 6. The summed E-state index contributed by atoms with van der Waals surface area (Å²) < 4.78 is 49.4. The number of primary sulfonamides is 1. The third-order valence-corrected chi connectivity index (χ3v) is 7.57. The van der Waals surface area contributed by atoms with Crippen LogP contribution in [0.1, 0.15) is 0 Å². The van der Waals surface area contributed by atoms with Gasteiger partial charge in [-0.3, -0.25) is 0 Å². The fraction of sp³-hybridized carbons (Fsp3) is 0.333. The minimum absolute atomic E-state index is 0.129. The fourth-order valence-electron chi connectivity index (χ4n) is 2.08. The van der Waals surface area contributed by atoms with E-state index in [1.807, 2.05) is 0 Å². The van der Waals surface area contributed by atoms with Crippen LogP contribution in [-0.2, 0) is 20.0 Å². The lowest BCUT2D eigenvalue weighted by molar-refractivity contribution is 0.413. The van der Waals surface area contributed by atoms with Gasteiger partial charge in [-0.25, -0.2) is 22.0 Å². The van der Waals surface area contributed by atoms with Crippen LogP contribution in [0.15, 0.2) is 34.6 Å². The number of rotatable bonds is 5. The molecule has 0 amide bonds. The number of halogens is 1. The molecule has 7 nitrogen and oxygen atoms in total. The van der Waals surface area contributed by atoms with E-state index in [1.54, 1.807) is 6.08 Å². The molecule has 1 heterocycles. The van der Waals surface area contributed by atoms with Gasteiger partial charge in [0.1, 0.15) is 16.0 Å². The Hall–Kier alpha value is -0.780. The van der Waals surface area contributed by atoms with E-state index in [4.69, 9.17) is 16.7 Å². The minimum atomic E-state index is -4.12. The van der Waals surface area contributed by atoms with E-state index in [0.29, 0.717) is 11.5 Å². The molecular weight excluding hydrogens is 382 g/mol. The van der Waals surface area contributed by atoms with E-state index in [1.165, 1.54) is 24.9 Å². The van der Waals surface area contributed by atoms with Gasteiger partial charge in [0.25, 0.3) is 0 Å². The summed E-state index contributed by atoms with van der Waals surface area (Å²) in [6, 6.07) is 2.26. The molecule has 2 rings (SSSR count). The van der Waals surface area contributed by atoms with Gasteiger partial charge in [-0.15, -0.1) is 6.58 Å². The van der Waals surface area contributed by atoms with Crippen LogP contribution < -0.4 is 10.5 Å². The van der Waals surface area contributed by atoms with Gasteiger partial charge in [-0.05, 0) is 12.1 Å². The Morgan fingerprint density at radius 3 is 2.74 bits per heavy atom. The summed E-state index contributed by atoms with van der Waals surface area (Å²) in [7, 11) is -6.55. The molecule has 1 aromatic carbocycles. The molecule has 0 saturated heterocycles. The van der Waals surface area contributed by atoms with Crippen LogP contribution in [0, 0.1) is 0 Å². The van der Waals surface area contributed by atoms with E-state index >= 15 is 0 Å². The summed E-state index contributed by atoms with van der Waals surface area (Å²) >= 11 is 7.44. The predicted molar refractivity (Wildman–Crippen MR) is 92.7 cm³/mol. The van der Waals surface area contributed by atoms with Crippen molar-refractivity contribution in [3.05, 3.63) is 29.8 Å². The van der Waals surface area contributed by atoms with Crippen molar-refractivity contribution in [2.24, 2.45) is 5.14 Å². The van der Waals surface area contributed by atoms with Crippen LogP contribution in [-0.4, -0.2) is 45.9 Å². The summed E-state index contributed by atoms with van der Waals surface area (Å²) in [6.07, 6.45) is 1.25. The van der Waals surface area contributed by atoms with Gasteiger partial charge in [-0.2, -0.15) is 16.1 Å². The molecule has 128 valence electrons. The Labute approximate surface area is 145 Å². The first-order valence-electron chi connectivity index (χ1n) is 6.38. The van der Waals surface area contributed by atoms with Crippen molar-refractivity contribution in [3.63, 3.8) is 0 Å². The summed E-state index contributed by atoms with van der Waals surface area (Å²) in [6.45, 7) is 3.61. The largest absolute Gasteiger partial charge is 0.367 e. The summed E-state index contributed by atoms with van der Waals surface area (Å²) in [5.41, 5.74) is 0.254. The Bertz CT molecular complexity index is 839. The van der Waals surface area contributed by atoms with E-state index in [0.717, 1.165) is 10.4 Å². The molecule has 1 aliphatic heterocycles. The fourth-order valence-corrected chi connectivity index (χ4v) is 5.62. The Morgan fingerprint density at radius 2 is 2.17 bits per heavy atom. The topological polar surface area (TPSA) is 110 Å². The first-order chi connectivity index (χ1) is 10.6. The number of sulfonamides is 2. The lowest BCUT2D eigenvalue weighted by Crippen LogP contribution is -2.47. The van der Waals surface area contributed by atoms with Gasteiger partial charge in [0, 0.05) is 18.6 Å². The molecule has 0 fully saturated rings. The number of hydrogen-bond donors (Lipinski definition) is 2. The molecule has 0 saturated carbocycles. The van der Waals surface area contributed by atoms with Crippen molar-refractivity contribution in [1.29, 1.82) is 0 Å². The Morgan fingerprint density at radius 1 is 1.52 bits per heavy atom. The SMILES string of the molecule is C=CCSC[C@H]1Nc2cc(Cl)c(S(N)(=O)=O)cc2S(=O)(=O)N1C. The number of benzene rings is 1. The molecule has 0 aliphatic carbocycles. The Kier molecular flexibility index (Phi) is 5.34. The van der Waals surface area contributed by atoms with Gasteiger partial charge >= 0.3 is 0 Å². The molecule has 1 atom stereocenters. The van der Waals surface area contributed by atoms with Gasteiger partial charge in [-0.1, -0.05) is 17.7 Å². The molecule has 11 heteroatoms. The van der Waals surface area contributed by atoms with Crippen molar-refractivity contribution in [1.82, 2.24) is 4.31 Å². The van der Waals surface area contributed by atoms with Crippen molar-refractivity contribution in [3.8, 4) is 0 Å². The van der Waals surface area contributed by atoms with Crippen LogP contribution in [0.2, 0.25) is 5.02 Å². The second-order valence-corrected chi connectivity index (χ2v) is 9.81. The zero-order valence-electron chi connectivity index (χ0n) is 12.2. The van der Waals surface area contributed by atoms with Gasteiger partial charge in [0.05, 0.1) is 10.7 Å². The highest BCUT2D eigenvalue weighted by atomic mass is 35.5. The lowest BCUT2D eigenvalue weighted by Gasteiger charge is -2.34. The molecule has 3 N–H and O–H groups in total. The maximum absolute atomic E-state index is 12.6. The molecule has 0 spiro atoms. The average Bonchev–Trinajstić information content (AvgIpc) is 2.42. The standard InChI is InChI=1S/C12H16ClN3O4S3/c1-3-4-21-7-12-15-9-5-8(13)10(22(14,17)18)6-11(9)23(19,20)16(12)2/h3,5-6,12,15H,1,4,7H2,2H3,(H2,14,17,18)/t12-/m0/s1. The molecule has 0 bridgehead atoms. The number of fused-ring (bicyclic) bond motifs is 1. The number of anilines is 1. The van der Waals surface area contributed by atoms with Crippen molar-refractivity contribution in [2.75, 3.05) is 23.9 Å². The lowest BCUT2D eigenvalue weighted by atomic mass is 10.3. The highest BCUT2D eigenvalue weighted by Crippen LogP contribution is 2.36.